The summed E-state index contributed by atoms with van der Waals surface area (Å²) in [7, 11) is 0. The van der Waals surface area contributed by atoms with Gasteiger partial charge in [-0.05, 0) is 25.9 Å². The van der Waals surface area contributed by atoms with E-state index in [-0.39, 0.29) is 0 Å². The third-order valence-corrected chi connectivity index (χ3v) is 2.76. The molecule has 0 unspecified atom stereocenters. The molecule has 0 spiro atoms. The molecule has 14 heavy (non-hydrogen) atoms. The van der Waals surface area contributed by atoms with Crippen LogP contribution in [0.25, 0.3) is 0 Å². The molecule has 1 aromatic rings. The van der Waals surface area contributed by atoms with Crippen LogP contribution in [0.2, 0.25) is 0 Å². The number of hydrogen-bond donors (Lipinski definition) is 1. The van der Waals surface area contributed by atoms with Crippen LogP contribution in [0.1, 0.15) is 32.4 Å². The second-order valence-corrected chi connectivity index (χ2v) is 4.34. The first-order valence-electron chi connectivity index (χ1n) is 5.18. The molecule has 0 aliphatic carbocycles. The number of nitrogens with two attached hydrogens (primary N) is 1. The van der Waals surface area contributed by atoms with Gasteiger partial charge < -0.3 is 5.73 Å². The van der Waals surface area contributed by atoms with Gasteiger partial charge in [0, 0.05) is 11.9 Å². The van der Waals surface area contributed by atoms with Crippen LogP contribution in [0.3, 0.4) is 0 Å². The van der Waals surface area contributed by atoms with E-state index in [0.717, 1.165) is 25.3 Å². The monoisotopic (exact) mass is 213 g/mol. The van der Waals surface area contributed by atoms with Crippen molar-refractivity contribution < 1.29 is 0 Å². The fraction of sp³-hybridized carbons (Fsp3) is 0.700. The lowest BCUT2D eigenvalue weighted by Gasteiger charge is -2.19. The van der Waals surface area contributed by atoms with Gasteiger partial charge in [0.2, 0.25) is 0 Å². The maximum Gasteiger partial charge on any atom is 0.180 e. The minimum Gasteiger partial charge on any atom is -0.375 e. The molecule has 0 aliphatic rings. The second-order valence-electron chi connectivity index (χ2n) is 3.45. The topological polar surface area (TPSA) is 42.1 Å². The normalized spacial score (nSPS) is 11.1. The van der Waals surface area contributed by atoms with Crippen molar-refractivity contribution in [2.75, 3.05) is 18.8 Å². The molecule has 0 aromatic carbocycles. The molecule has 0 fully saturated rings. The molecule has 80 valence electrons. The summed E-state index contributed by atoms with van der Waals surface area (Å²) in [4.78, 5) is 6.69. The molecule has 2 N–H and O–H groups in total. The van der Waals surface area contributed by atoms with Crippen molar-refractivity contribution >= 4 is 16.5 Å². The predicted octanol–water partition coefficient (Wildman–Crippen LogP) is 2.35. The van der Waals surface area contributed by atoms with Crippen LogP contribution in [0.4, 0.5) is 5.13 Å². The van der Waals surface area contributed by atoms with Gasteiger partial charge in [0.25, 0.3) is 0 Å². The van der Waals surface area contributed by atoms with Crippen LogP contribution in [0.5, 0.6) is 0 Å². The van der Waals surface area contributed by atoms with Crippen LogP contribution in [0, 0.1) is 0 Å². The number of nitrogens with zero attached hydrogens (tertiary/aromatic N) is 2. The number of nitrogen functional groups attached to an aromatic ring is 1. The average Bonchev–Trinajstić information content (AvgIpc) is 2.52. The minimum atomic E-state index is 0.674. The van der Waals surface area contributed by atoms with E-state index in [2.05, 4.69) is 23.7 Å². The summed E-state index contributed by atoms with van der Waals surface area (Å²) in [6, 6.07) is 0. The van der Waals surface area contributed by atoms with Gasteiger partial charge in [-0.3, -0.25) is 4.90 Å². The Morgan fingerprint density at radius 1 is 1.36 bits per heavy atom. The van der Waals surface area contributed by atoms with Crippen LogP contribution in [0.15, 0.2) is 5.38 Å². The van der Waals surface area contributed by atoms with Gasteiger partial charge in [0.1, 0.15) is 0 Å². The number of rotatable bonds is 6. The van der Waals surface area contributed by atoms with Gasteiger partial charge in [0.05, 0.1) is 5.69 Å². The smallest absolute Gasteiger partial charge is 0.180 e. The first-order valence-corrected chi connectivity index (χ1v) is 6.06. The van der Waals surface area contributed by atoms with E-state index >= 15 is 0 Å². The van der Waals surface area contributed by atoms with Crippen molar-refractivity contribution in [3.63, 3.8) is 0 Å². The Bertz CT molecular complexity index is 254. The molecule has 0 aliphatic heterocycles. The highest BCUT2D eigenvalue weighted by Crippen LogP contribution is 2.13. The predicted molar refractivity (Wildman–Crippen MR) is 62.4 cm³/mol. The van der Waals surface area contributed by atoms with Crippen LogP contribution >= 0.6 is 11.3 Å². The summed E-state index contributed by atoms with van der Waals surface area (Å²) in [6.45, 7) is 7.64. The zero-order chi connectivity index (χ0) is 10.4. The van der Waals surface area contributed by atoms with E-state index in [1.165, 1.54) is 24.2 Å². The Kier molecular flexibility index (Phi) is 4.90. The first kappa shape index (κ1) is 11.5. The third kappa shape index (κ3) is 3.64. The maximum absolute atomic E-state index is 5.59. The molecule has 0 atom stereocenters. The van der Waals surface area contributed by atoms with E-state index in [0.29, 0.717) is 5.13 Å². The van der Waals surface area contributed by atoms with Crippen molar-refractivity contribution in [3.05, 3.63) is 11.1 Å². The molecule has 1 rings (SSSR count). The lowest BCUT2D eigenvalue weighted by molar-refractivity contribution is 0.264. The SMILES string of the molecule is CCCN(CCC)Cc1csc(N)n1. The van der Waals surface area contributed by atoms with Gasteiger partial charge in [-0.2, -0.15) is 0 Å². The largest absolute Gasteiger partial charge is 0.375 e. The Balaban J connectivity index is 2.46. The molecule has 0 saturated carbocycles. The van der Waals surface area contributed by atoms with Crippen molar-refractivity contribution in [1.29, 1.82) is 0 Å². The molecule has 1 aromatic heterocycles. The average molecular weight is 213 g/mol. The van der Waals surface area contributed by atoms with Crippen LogP contribution in [-0.4, -0.2) is 23.0 Å². The Labute approximate surface area is 89.9 Å². The highest BCUT2D eigenvalue weighted by molar-refractivity contribution is 7.13. The molecule has 4 heteroatoms. The van der Waals surface area contributed by atoms with Gasteiger partial charge in [0.15, 0.2) is 5.13 Å². The van der Waals surface area contributed by atoms with Crippen molar-refractivity contribution in [2.45, 2.75) is 33.2 Å². The lowest BCUT2D eigenvalue weighted by Crippen LogP contribution is -2.25. The van der Waals surface area contributed by atoms with Gasteiger partial charge in [-0.15, -0.1) is 11.3 Å². The summed E-state index contributed by atoms with van der Waals surface area (Å²) in [5.41, 5.74) is 6.70. The van der Waals surface area contributed by atoms with Crippen LogP contribution in [-0.2, 0) is 6.54 Å². The zero-order valence-electron chi connectivity index (χ0n) is 8.99. The summed E-state index contributed by atoms with van der Waals surface area (Å²) in [5, 5.41) is 2.72. The molecule has 3 nitrogen and oxygen atoms in total. The van der Waals surface area contributed by atoms with E-state index < -0.39 is 0 Å². The standard InChI is InChI=1S/C10H19N3S/c1-3-5-13(6-4-2)7-9-8-14-10(11)12-9/h8H,3-7H2,1-2H3,(H2,11,12). The highest BCUT2D eigenvalue weighted by atomic mass is 32.1. The van der Waals surface area contributed by atoms with E-state index in [1.54, 1.807) is 0 Å². The quantitative estimate of drug-likeness (QED) is 0.788. The number of anilines is 1. The summed E-state index contributed by atoms with van der Waals surface area (Å²) >= 11 is 1.52. The fourth-order valence-corrected chi connectivity index (χ4v) is 2.08. The molecular weight excluding hydrogens is 194 g/mol. The Hall–Kier alpha value is -0.610. The molecule has 0 amide bonds. The number of hydrogen-bond acceptors (Lipinski definition) is 4. The van der Waals surface area contributed by atoms with Gasteiger partial charge >= 0.3 is 0 Å². The van der Waals surface area contributed by atoms with Gasteiger partial charge in [-0.25, -0.2) is 4.98 Å². The maximum atomic E-state index is 5.59. The zero-order valence-corrected chi connectivity index (χ0v) is 9.81. The molecule has 1 heterocycles. The summed E-state index contributed by atoms with van der Waals surface area (Å²) < 4.78 is 0. The Morgan fingerprint density at radius 2 is 2.00 bits per heavy atom. The van der Waals surface area contributed by atoms with E-state index in [1.807, 2.05) is 5.38 Å². The first-order chi connectivity index (χ1) is 6.76. The van der Waals surface area contributed by atoms with E-state index in [9.17, 15) is 0 Å². The highest BCUT2D eigenvalue weighted by Gasteiger charge is 2.06. The third-order valence-electron chi connectivity index (χ3n) is 2.03. The molecule has 0 saturated heterocycles. The minimum absolute atomic E-state index is 0.674. The van der Waals surface area contributed by atoms with Crippen LogP contribution < -0.4 is 5.73 Å². The number of thiazole rings is 1. The van der Waals surface area contributed by atoms with Gasteiger partial charge in [-0.1, -0.05) is 13.8 Å². The van der Waals surface area contributed by atoms with Crippen molar-refractivity contribution in [1.82, 2.24) is 9.88 Å². The van der Waals surface area contributed by atoms with E-state index in [4.69, 9.17) is 5.73 Å². The van der Waals surface area contributed by atoms with Crippen molar-refractivity contribution in [2.24, 2.45) is 0 Å². The Morgan fingerprint density at radius 3 is 2.43 bits per heavy atom. The summed E-state index contributed by atoms with van der Waals surface area (Å²) in [5.74, 6) is 0. The molecule has 0 radical (unpaired) electrons. The van der Waals surface area contributed by atoms with Crippen molar-refractivity contribution in [3.8, 4) is 0 Å². The molecule has 0 bridgehead atoms. The fourth-order valence-electron chi connectivity index (χ4n) is 1.53. The second kappa shape index (κ2) is 5.98. The summed E-state index contributed by atoms with van der Waals surface area (Å²) in [6.07, 6.45) is 2.39. The number of aromatic nitrogens is 1. The molecular formula is C10H19N3S. The lowest BCUT2D eigenvalue weighted by atomic mass is 10.3.